The van der Waals surface area contributed by atoms with Crippen molar-refractivity contribution in [3.8, 4) is 5.75 Å². The van der Waals surface area contributed by atoms with Gasteiger partial charge in [0.2, 0.25) is 0 Å². The van der Waals surface area contributed by atoms with Crippen molar-refractivity contribution >= 4 is 28.8 Å². The molecule has 4 aromatic rings. The average molecular weight is 741 g/mol. The Morgan fingerprint density at radius 1 is 0.709 bits per heavy atom. The Morgan fingerprint density at radius 3 is 2.27 bits per heavy atom. The highest BCUT2D eigenvalue weighted by molar-refractivity contribution is 6.07. The molecule has 8 nitrogen and oxygen atoms in total. The molecule has 0 unspecified atom stereocenters. The van der Waals surface area contributed by atoms with Crippen molar-refractivity contribution in [2.24, 2.45) is 5.92 Å². The van der Waals surface area contributed by atoms with Crippen LogP contribution in [-0.2, 0) is 22.6 Å². The average Bonchev–Trinajstić information content (AvgIpc) is 3.53. The number of amides is 1. The smallest absolute Gasteiger partial charge is 0.255 e. The number of hydrogen-bond donors (Lipinski definition) is 1. The summed E-state index contributed by atoms with van der Waals surface area (Å²) in [5, 5.41) is 10.2. The van der Waals surface area contributed by atoms with Crippen LogP contribution in [0.4, 0.5) is 15.8 Å². The summed E-state index contributed by atoms with van der Waals surface area (Å²) in [5.41, 5.74) is 8.01. The zero-order chi connectivity index (χ0) is 37.6. The van der Waals surface area contributed by atoms with Crippen LogP contribution in [0, 0.1) is 11.7 Å². The molecule has 4 aromatic carbocycles. The van der Waals surface area contributed by atoms with Crippen LogP contribution in [0.5, 0.6) is 5.75 Å². The number of hydrogen-bond acceptors (Lipinski definition) is 7. The molecule has 0 aromatic heterocycles. The maximum atomic E-state index is 16.1. The molecule has 1 amide bonds. The van der Waals surface area contributed by atoms with Gasteiger partial charge in [-0.2, -0.15) is 0 Å². The second-order valence-electron chi connectivity index (χ2n) is 16.4. The number of rotatable bonds is 7. The quantitative estimate of drug-likeness (QED) is 0.203. The number of anilines is 2. The van der Waals surface area contributed by atoms with Gasteiger partial charge in [0.25, 0.3) is 5.91 Å². The molecule has 2 aliphatic carbocycles. The number of carbonyl (C=O) groups is 3. The number of piperidine rings is 1. The lowest BCUT2D eigenvalue weighted by Gasteiger charge is -2.40. The maximum absolute atomic E-state index is 16.1. The van der Waals surface area contributed by atoms with Crippen LogP contribution in [0.15, 0.2) is 84.9 Å². The predicted molar refractivity (Wildman–Crippen MR) is 211 cm³/mol. The third-order valence-electron chi connectivity index (χ3n) is 13.1. The normalized spacial score (nSPS) is 23.6. The summed E-state index contributed by atoms with van der Waals surface area (Å²) in [6.07, 6.45) is 4.62. The van der Waals surface area contributed by atoms with Gasteiger partial charge in [-0.15, -0.1) is 0 Å². The molecular formula is C46H49FN4O4. The number of benzene rings is 4. The SMILES string of the molecule is O=C1CC[C@H](N2Cc3cc(N4CCN(CC5CCN(c6ccc([C@@H]7c8ccc(O)cc8CC[C@@H]7c7ccccc7)cc6F)CC5)CC4)ccc3C2=O)C(=O)C1. The van der Waals surface area contributed by atoms with Gasteiger partial charge in [-0.05, 0) is 114 Å². The fourth-order valence-electron chi connectivity index (χ4n) is 10.1. The monoisotopic (exact) mass is 740 g/mol. The summed E-state index contributed by atoms with van der Waals surface area (Å²) in [4.78, 5) is 46.3. The van der Waals surface area contributed by atoms with E-state index < -0.39 is 6.04 Å². The van der Waals surface area contributed by atoms with Crippen LogP contribution in [0.25, 0.3) is 0 Å². The lowest BCUT2D eigenvalue weighted by Crippen LogP contribution is -2.49. The highest BCUT2D eigenvalue weighted by Gasteiger charge is 2.39. The van der Waals surface area contributed by atoms with E-state index in [9.17, 15) is 19.5 Å². The Hall–Kier alpha value is -5.02. The zero-order valence-corrected chi connectivity index (χ0v) is 31.3. The summed E-state index contributed by atoms with van der Waals surface area (Å²) in [5.74, 6) is 0.678. The van der Waals surface area contributed by atoms with Crippen molar-refractivity contribution in [2.75, 3.05) is 55.6 Å². The summed E-state index contributed by atoms with van der Waals surface area (Å²) in [6.45, 7) is 6.91. The van der Waals surface area contributed by atoms with E-state index >= 15 is 4.39 Å². The van der Waals surface area contributed by atoms with E-state index in [1.54, 1.807) is 17.0 Å². The first kappa shape index (κ1) is 35.7. The number of Topliss-reactive ketones (excluding diaryl/α,β-unsaturated/α-hetero) is 2. The number of aromatic hydroxyl groups is 1. The number of fused-ring (bicyclic) bond motifs is 2. The number of nitrogens with zero attached hydrogens (tertiary/aromatic N) is 4. The van der Waals surface area contributed by atoms with Crippen molar-refractivity contribution in [1.82, 2.24) is 9.80 Å². The predicted octanol–water partition coefficient (Wildman–Crippen LogP) is 7.08. The fraction of sp³-hybridized carbons (Fsp3) is 0.413. The van der Waals surface area contributed by atoms with E-state index in [4.69, 9.17) is 0 Å². The summed E-state index contributed by atoms with van der Waals surface area (Å²) < 4.78 is 16.1. The van der Waals surface area contributed by atoms with Crippen LogP contribution in [-0.4, -0.2) is 84.2 Å². The van der Waals surface area contributed by atoms with Crippen LogP contribution in [0.3, 0.4) is 0 Å². The lowest BCUT2D eigenvalue weighted by atomic mass is 9.69. The zero-order valence-electron chi connectivity index (χ0n) is 31.3. The second-order valence-corrected chi connectivity index (χ2v) is 16.4. The van der Waals surface area contributed by atoms with E-state index in [1.165, 1.54) is 11.1 Å². The number of halogens is 1. The first-order chi connectivity index (χ1) is 26.8. The molecule has 1 saturated carbocycles. The van der Waals surface area contributed by atoms with Crippen molar-refractivity contribution < 1.29 is 23.9 Å². The molecule has 3 fully saturated rings. The van der Waals surface area contributed by atoms with E-state index in [1.807, 2.05) is 36.4 Å². The lowest BCUT2D eigenvalue weighted by molar-refractivity contribution is -0.133. The summed E-state index contributed by atoms with van der Waals surface area (Å²) in [7, 11) is 0. The number of carbonyl (C=O) groups excluding carboxylic acids is 3. The molecule has 0 spiro atoms. The summed E-state index contributed by atoms with van der Waals surface area (Å²) >= 11 is 0. The van der Waals surface area contributed by atoms with E-state index in [-0.39, 0.29) is 47.3 Å². The number of phenols is 1. The number of aryl methyl sites for hydroxylation is 1. The highest BCUT2D eigenvalue weighted by Crippen LogP contribution is 2.47. The fourth-order valence-corrected chi connectivity index (χ4v) is 10.1. The van der Waals surface area contributed by atoms with Gasteiger partial charge in [0.05, 0.1) is 18.2 Å². The number of piperazine rings is 1. The molecule has 3 atom stereocenters. The minimum Gasteiger partial charge on any atom is -0.508 e. The van der Waals surface area contributed by atoms with Gasteiger partial charge in [-0.25, -0.2) is 4.39 Å². The number of phenolic OH excluding ortho intramolecular Hbond substituents is 1. The van der Waals surface area contributed by atoms with Crippen molar-refractivity contribution in [3.05, 3.63) is 124 Å². The van der Waals surface area contributed by atoms with Gasteiger partial charge < -0.3 is 19.8 Å². The minimum atomic E-state index is -0.494. The molecule has 9 rings (SSSR count). The van der Waals surface area contributed by atoms with Crippen LogP contribution in [0.2, 0.25) is 0 Å². The Morgan fingerprint density at radius 2 is 1.51 bits per heavy atom. The topological polar surface area (TPSA) is 84.4 Å². The highest BCUT2D eigenvalue weighted by atomic mass is 19.1. The standard InChI is InChI=1S/C46H49FN4O4/c47-41-26-33(45-38(31-4-2-1-3-5-31)11-6-32-25-36(52)9-13-39(32)45)7-14-42(41)50-18-16-30(17-19-50)28-48-20-22-49(23-21-48)35-8-12-40-34(24-35)29-51(46(40)55)43-15-10-37(53)27-44(43)54/h1-5,7-9,12-14,24-26,30,38,43,45,52H,6,10-11,15-23,27-29H2/t38-,43+,45+/m1/s1. The molecule has 5 aliphatic rings. The van der Waals surface area contributed by atoms with E-state index in [0.717, 1.165) is 93.9 Å². The minimum absolute atomic E-state index is 0.0194. The Bertz CT molecular complexity index is 2110. The van der Waals surface area contributed by atoms with Crippen molar-refractivity contribution in [3.63, 3.8) is 0 Å². The maximum Gasteiger partial charge on any atom is 0.255 e. The third kappa shape index (κ3) is 7.03. The second kappa shape index (κ2) is 14.9. The van der Waals surface area contributed by atoms with Gasteiger partial charge in [0.1, 0.15) is 17.3 Å². The Labute approximate surface area is 322 Å². The van der Waals surface area contributed by atoms with Crippen molar-refractivity contribution in [2.45, 2.75) is 69.4 Å². The first-order valence-electron chi connectivity index (χ1n) is 20.2. The molecule has 1 N–H and O–H groups in total. The molecule has 55 heavy (non-hydrogen) atoms. The van der Waals surface area contributed by atoms with Gasteiger partial charge >= 0.3 is 0 Å². The molecule has 3 heterocycles. The summed E-state index contributed by atoms with van der Waals surface area (Å²) in [6, 6.07) is 27.7. The van der Waals surface area contributed by atoms with Gasteiger partial charge in [-0.3, -0.25) is 19.3 Å². The molecule has 284 valence electrons. The molecule has 0 bridgehead atoms. The van der Waals surface area contributed by atoms with Gasteiger partial charge in [0, 0.05) is 75.9 Å². The molecule has 0 radical (unpaired) electrons. The van der Waals surface area contributed by atoms with Gasteiger partial charge in [-0.1, -0.05) is 42.5 Å². The van der Waals surface area contributed by atoms with Crippen LogP contribution >= 0.6 is 0 Å². The Kier molecular flexibility index (Phi) is 9.67. The van der Waals surface area contributed by atoms with Gasteiger partial charge in [0.15, 0.2) is 5.78 Å². The van der Waals surface area contributed by atoms with Crippen LogP contribution < -0.4 is 9.80 Å². The number of ketones is 2. The molecule has 2 saturated heterocycles. The molecular weight excluding hydrogens is 692 g/mol. The first-order valence-corrected chi connectivity index (χ1v) is 20.2. The third-order valence-corrected chi connectivity index (χ3v) is 13.1. The van der Waals surface area contributed by atoms with Crippen LogP contribution in [0.1, 0.15) is 88.5 Å². The molecule has 9 heteroatoms. The Balaban J connectivity index is 0.795. The molecule has 3 aliphatic heterocycles. The largest absolute Gasteiger partial charge is 0.508 e. The van der Waals surface area contributed by atoms with E-state index in [2.05, 4.69) is 51.1 Å². The van der Waals surface area contributed by atoms with Crippen molar-refractivity contribution in [1.29, 1.82) is 0 Å². The van der Waals surface area contributed by atoms with E-state index in [0.29, 0.717) is 36.6 Å².